The molecular formula is C27H31N5O2. The van der Waals surface area contributed by atoms with Gasteiger partial charge in [0.15, 0.2) is 0 Å². The van der Waals surface area contributed by atoms with Crippen LogP contribution in [0.4, 0.5) is 0 Å². The second-order valence-corrected chi connectivity index (χ2v) is 9.05. The molecule has 7 heteroatoms. The maximum absolute atomic E-state index is 14.0. The molecule has 3 heterocycles. The lowest BCUT2D eigenvalue weighted by molar-refractivity contribution is 0.0691. The second kappa shape index (κ2) is 9.63. The molecule has 4 rings (SSSR count). The number of aromatic nitrogens is 4. The Labute approximate surface area is 199 Å². The van der Waals surface area contributed by atoms with Gasteiger partial charge in [-0.05, 0) is 69.5 Å². The van der Waals surface area contributed by atoms with Crippen molar-refractivity contribution in [1.29, 1.82) is 0 Å². The van der Waals surface area contributed by atoms with Gasteiger partial charge in [-0.2, -0.15) is 5.10 Å². The summed E-state index contributed by atoms with van der Waals surface area (Å²) >= 11 is 0. The number of carbonyl (C=O) groups excluding carboxylic acids is 1. The van der Waals surface area contributed by atoms with Crippen molar-refractivity contribution in [2.45, 2.75) is 60.0 Å². The summed E-state index contributed by atoms with van der Waals surface area (Å²) in [4.78, 5) is 35.9. The van der Waals surface area contributed by atoms with Crippen LogP contribution < -0.4 is 5.56 Å². The van der Waals surface area contributed by atoms with Gasteiger partial charge in [0, 0.05) is 40.1 Å². The minimum atomic E-state index is -0.132. The van der Waals surface area contributed by atoms with Crippen molar-refractivity contribution in [2.75, 3.05) is 0 Å². The lowest BCUT2D eigenvalue weighted by Crippen LogP contribution is -2.38. The molecular weight excluding hydrogens is 426 g/mol. The first kappa shape index (κ1) is 23.4. The molecule has 0 aliphatic heterocycles. The van der Waals surface area contributed by atoms with Crippen LogP contribution in [0.25, 0.3) is 22.0 Å². The van der Waals surface area contributed by atoms with E-state index in [2.05, 4.69) is 27.1 Å². The Morgan fingerprint density at radius 3 is 2.68 bits per heavy atom. The number of carbonyl (C=O) groups is 1. The predicted octanol–water partition coefficient (Wildman–Crippen LogP) is 4.93. The Morgan fingerprint density at radius 1 is 1.18 bits per heavy atom. The largest absolute Gasteiger partial charge is 0.332 e. The van der Waals surface area contributed by atoms with Gasteiger partial charge in [0.05, 0.1) is 23.8 Å². The Kier molecular flexibility index (Phi) is 6.63. The summed E-state index contributed by atoms with van der Waals surface area (Å²) in [6.07, 6.45) is 5.16. The van der Waals surface area contributed by atoms with Gasteiger partial charge in [0.2, 0.25) is 0 Å². The van der Waals surface area contributed by atoms with Crippen LogP contribution in [0.3, 0.4) is 0 Å². The zero-order chi connectivity index (χ0) is 24.4. The number of pyridine rings is 2. The van der Waals surface area contributed by atoms with Crippen LogP contribution in [0, 0.1) is 13.8 Å². The fraction of sp³-hybridized carbons (Fsp3) is 0.333. The number of fused-ring (bicyclic) bond motifs is 1. The zero-order valence-corrected chi connectivity index (χ0v) is 20.4. The standard InChI is InChI=1S/C27H31N5O2/c1-6-8-19-11-17(4)30-26(33)24(19)15-32(16(2)3)27(34)22-12-20(13-25-23(22)14-29-31-25)21-9-7-10-28-18(21)5/h7,9-14,16H,6,8,15H2,1-5H3,(H,29,31)(H,30,33). The number of H-pyrrole nitrogens is 2. The molecule has 7 nitrogen and oxygen atoms in total. The first-order chi connectivity index (χ1) is 16.3. The normalized spacial score (nSPS) is 11.4. The molecule has 1 aromatic carbocycles. The monoisotopic (exact) mass is 457 g/mol. The van der Waals surface area contributed by atoms with Gasteiger partial charge in [-0.1, -0.05) is 19.4 Å². The summed E-state index contributed by atoms with van der Waals surface area (Å²) in [6.45, 7) is 10.1. The third-order valence-electron chi connectivity index (χ3n) is 6.20. The van der Waals surface area contributed by atoms with E-state index >= 15 is 0 Å². The summed E-state index contributed by atoms with van der Waals surface area (Å²) in [6, 6.07) is 9.70. The molecule has 0 fully saturated rings. The maximum Gasteiger partial charge on any atom is 0.255 e. The van der Waals surface area contributed by atoms with Crippen molar-refractivity contribution in [1.82, 2.24) is 25.1 Å². The van der Waals surface area contributed by atoms with Crippen molar-refractivity contribution in [3.63, 3.8) is 0 Å². The summed E-state index contributed by atoms with van der Waals surface area (Å²) < 4.78 is 0. The van der Waals surface area contributed by atoms with Crippen molar-refractivity contribution in [3.05, 3.63) is 81.2 Å². The zero-order valence-electron chi connectivity index (χ0n) is 20.4. The Hall–Kier alpha value is -3.74. The van der Waals surface area contributed by atoms with Crippen LogP contribution in [-0.2, 0) is 13.0 Å². The van der Waals surface area contributed by atoms with E-state index in [0.717, 1.165) is 51.8 Å². The Morgan fingerprint density at radius 2 is 1.97 bits per heavy atom. The molecule has 4 aromatic rings. The number of nitrogens with zero attached hydrogens (tertiary/aromatic N) is 3. The minimum Gasteiger partial charge on any atom is -0.332 e. The molecule has 0 unspecified atom stereocenters. The lowest BCUT2D eigenvalue weighted by atomic mass is 9.98. The van der Waals surface area contributed by atoms with Crippen LogP contribution in [-0.4, -0.2) is 37.0 Å². The van der Waals surface area contributed by atoms with Crippen LogP contribution in [0.5, 0.6) is 0 Å². The van der Waals surface area contributed by atoms with Gasteiger partial charge >= 0.3 is 0 Å². The van der Waals surface area contributed by atoms with E-state index in [-0.39, 0.29) is 24.1 Å². The predicted molar refractivity (Wildman–Crippen MR) is 135 cm³/mol. The lowest BCUT2D eigenvalue weighted by Gasteiger charge is -2.28. The van der Waals surface area contributed by atoms with Gasteiger partial charge in [-0.15, -0.1) is 0 Å². The number of amides is 1. The van der Waals surface area contributed by atoms with E-state index < -0.39 is 0 Å². The van der Waals surface area contributed by atoms with Crippen molar-refractivity contribution in [3.8, 4) is 11.1 Å². The number of nitrogens with one attached hydrogen (secondary N) is 2. The molecule has 0 spiro atoms. The highest BCUT2D eigenvalue weighted by Gasteiger charge is 2.25. The van der Waals surface area contributed by atoms with Crippen LogP contribution >= 0.6 is 0 Å². The molecule has 0 saturated heterocycles. The highest BCUT2D eigenvalue weighted by molar-refractivity contribution is 6.08. The van der Waals surface area contributed by atoms with Crippen molar-refractivity contribution >= 4 is 16.8 Å². The Bertz CT molecular complexity index is 1400. The molecule has 0 saturated carbocycles. The average Bonchev–Trinajstić information content (AvgIpc) is 3.26. The third kappa shape index (κ3) is 4.51. The highest BCUT2D eigenvalue weighted by Crippen LogP contribution is 2.29. The Balaban J connectivity index is 1.81. The number of hydrogen-bond acceptors (Lipinski definition) is 4. The van der Waals surface area contributed by atoms with E-state index in [9.17, 15) is 9.59 Å². The number of benzene rings is 1. The van der Waals surface area contributed by atoms with E-state index in [0.29, 0.717) is 11.1 Å². The van der Waals surface area contributed by atoms with Gasteiger partial charge < -0.3 is 9.88 Å². The number of aryl methyl sites for hydroxylation is 3. The van der Waals surface area contributed by atoms with Gasteiger partial charge in [0.1, 0.15) is 0 Å². The topological polar surface area (TPSA) is 94.7 Å². The van der Waals surface area contributed by atoms with Crippen molar-refractivity contribution < 1.29 is 4.79 Å². The van der Waals surface area contributed by atoms with E-state index in [1.54, 1.807) is 17.3 Å². The highest BCUT2D eigenvalue weighted by atomic mass is 16.2. The minimum absolute atomic E-state index is 0.103. The average molecular weight is 458 g/mol. The summed E-state index contributed by atoms with van der Waals surface area (Å²) in [5.41, 5.74) is 6.43. The van der Waals surface area contributed by atoms with Crippen LogP contribution in [0.2, 0.25) is 0 Å². The number of rotatable bonds is 7. The molecule has 0 atom stereocenters. The molecule has 2 N–H and O–H groups in total. The summed E-state index contributed by atoms with van der Waals surface area (Å²) in [7, 11) is 0. The fourth-order valence-electron chi connectivity index (χ4n) is 4.44. The van der Waals surface area contributed by atoms with E-state index in [4.69, 9.17) is 0 Å². The molecule has 176 valence electrons. The van der Waals surface area contributed by atoms with E-state index in [1.165, 1.54) is 0 Å². The number of aromatic amines is 2. The first-order valence-electron chi connectivity index (χ1n) is 11.7. The van der Waals surface area contributed by atoms with Crippen molar-refractivity contribution in [2.24, 2.45) is 0 Å². The fourth-order valence-corrected chi connectivity index (χ4v) is 4.44. The molecule has 34 heavy (non-hydrogen) atoms. The second-order valence-electron chi connectivity index (χ2n) is 9.05. The molecule has 0 aliphatic carbocycles. The SMILES string of the molecule is CCCc1cc(C)[nH]c(=O)c1CN(C(=O)c1cc(-c2cccnc2C)cc2[nH]ncc12)C(C)C. The van der Waals surface area contributed by atoms with Crippen LogP contribution in [0.1, 0.15) is 60.1 Å². The molecule has 0 radical (unpaired) electrons. The summed E-state index contributed by atoms with van der Waals surface area (Å²) in [5.74, 6) is -0.132. The molecule has 0 bridgehead atoms. The molecule has 1 amide bonds. The smallest absolute Gasteiger partial charge is 0.255 e. The maximum atomic E-state index is 14.0. The molecule has 0 aliphatic rings. The van der Waals surface area contributed by atoms with Gasteiger partial charge in [-0.3, -0.25) is 19.7 Å². The van der Waals surface area contributed by atoms with Gasteiger partial charge in [-0.25, -0.2) is 0 Å². The quantitative estimate of drug-likeness (QED) is 0.411. The van der Waals surface area contributed by atoms with Gasteiger partial charge in [0.25, 0.3) is 11.5 Å². The first-order valence-corrected chi connectivity index (χ1v) is 11.7. The van der Waals surface area contributed by atoms with E-state index in [1.807, 2.05) is 58.0 Å². The van der Waals surface area contributed by atoms with Crippen LogP contribution in [0.15, 0.2) is 47.5 Å². The summed E-state index contributed by atoms with van der Waals surface area (Å²) in [5, 5.41) is 7.95. The molecule has 3 aromatic heterocycles. The number of hydrogen-bond donors (Lipinski definition) is 2. The third-order valence-corrected chi connectivity index (χ3v) is 6.20.